The van der Waals surface area contributed by atoms with Gasteiger partial charge in [-0.2, -0.15) is 5.21 Å². The van der Waals surface area contributed by atoms with Gasteiger partial charge in [0, 0.05) is 23.1 Å². The zero-order chi connectivity index (χ0) is 26.4. The standard InChI is InChI=1S/C31H26N6O2/c38-31(32-17-3-4-21-7-9-24(10-8-21)30-34-36-37-35-30)25-12-11-22-14-16-28(19-26(22)18-25)39-20-27-15-13-23-5-1-2-6-29(23)33-27/h1-2,5-16,18-19H,3-4,17,20H2,(H,32,38)(H,34,35,36,37). The van der Waals surface area contributed by atoms with E-state index in [1.165, 1.54) is 5.56 Å². The van der Waals surface area contributed by atoms with E-state index in [2.05, 4.69) is 37.0 Å². The number of benzene rings is 4. The van der Waals surface area contributed by atoms with Crippen LogP contribution in [0.15, 0.2) is 97.1 Å². The van der Waals surface area contributed by atoms with Gasteiger partial charge in [0.25, 0.3) is 5.91 Å². The largest absolute Gasteiger partial charge is 0.487 e. The Morgan fingerprint density at radius 3 is 2.56 bits per heavy atom. The van der Waals surface area contributed by atoms with Gasteiger partial charge in [-0.3, -0.25) is 4.79 Å². The minimum Gasteiger partial charge on any atom is -0.487 e. The number of carbonyl (C=O) groups is 1. The smallest absolute Gasteiger partial charge is 0.251 e. The zero-order valence-corrected chi connectivity index (χ0v) is 21.2. The van der Waals surface area contributed by atoms with Crippen LogP contribution in [0.25, 0.3) is 33.1 Å². The molecule has 0 bridgehead atoms. The SMILES string of the molecule is O=C(NCCCc1ccc(-c2nn[nH]n2)cc1)c1ccc2ccc(OCc3ccc4ccccc4n3)cc2c1. The first-order chi connectivity index (χ1) is 19.2. The van der Waals surface area contributed by atoms with Gasteiger partial charge < -0.3 is 10.1 Å². The van der Waals surface area contributed by atoms with Crippen molar-refractivity contribution in [3.05, 3.63) is 114 Å². The van der Waals surface area contributed by atoms with Crippen LogP contribution in [-0.2, 0) is 13.0 Å². The van der Waals surface area contributed by atoms with E-state index in [4.69, 9.17) is 4.74 Å². The van der Waals surface area contributed by atoms with Crippen molar-refractivity contribution < 1.29 is 9.53 Å². The molecule has 1 amide bonds. The third kappa shape index (κ3) is 5.75. The Morgan fingerprint density at radius 1 is 0.846 bits per heavy atom. The Bertz CT molecular complexity index is 1730. The number of para-hydroxylation sites is 1. The molecular formula is C31H26N6O2. The molecule has 0 aliphatic carbocycles. The highest BCUT2D eigenvalue weighted by Crippen LogP contribution is 2.23. The number of tetrazole rings is 1. The number of nitrogens with one attached hydrogen (secondary N) is 2. The minimum atomic E-state index is -0.0870. The summed E-state index contributed by atoms with van der Waals surface area (Å²) in [6, 6.07) is 31.7. The van der Waals surface area contributed by atoms with Crippen molar-refractivity contribution in [3.63, 3.8) is 0 Å². The highest BCUT2D eigenvalue weighted by atomic mass is 16.5. The topological polar surface area (TPSA) is 106 Å². The summed E-state index contributed by atoms with van der Waals surface area (Å²) in [5, 5.41) is 20.2. The van der Waals surface area contributed by atoms with Crippen molar-refractivity contribution in [2.24, 2.45) is 0 Å². The Balaban J connectivity index is 1.03. The van der Waals surface area contributed by atoms with Gasteiger partial charge in [0.1, 0.15) is 12.4 Å². The molecule has 0 saturated heterocycles. The molecule has 0 saturated carbocycles. The Hall–Kier alpha value is -5.11. The highest BCUT2D eigenvalue weighted by molar-refractivity contribution is 5.98. The average molecular weight is 515 g/mol. The van der Waals surface area contributed by atoms with Crippen LogP contribution in [0.2, 0.25) is 0 Å². The number of amides is 1. The van der Waals surface area contributed by atoms with Gasteiger partial charge in [-0.25, -0.2) is 4.98 Å². The van der Waals surface area contributed by atoms with E-state index in [0.717, 1.165) is 51.5 Å². The van der Waals surface area contributed by atoms with Crippen LogP contribution in [-0.4, -0.2) is 38.1 Å². The number of hydrogen-bond acceptors (Lipinski definition) is 6. The average Bonchev–Trinajstić information content (AvgIpc) is 3.53. The second-order valence-corrected chi connectivity index (χ2v) is 9.30. The number of rotatable bonds is 9. The van der Waals surface area contributed by atoms with Crippen molar-refractivity contribution in [2.75, 3.05) is 6.54 Å². The van der Waals surface area contributed by atoms with E-state index in [-0.39, 0.29) is 5.91 Å². The molecular weight excluding hydrogens is 488 g/mol. The van der Waals surface area contributed by atoms with Gasteiger partial charge >= 0.3 is 0 Å². The molecule has 0 spiro atoms. The molecule has 0 radical (unpaired) electrons. The molecule has 0 atom stereocenters. The van der Waals surface area contributed by atoms with Crippen LogP contribution in [0.3, 0.4) is 0 Å². The maximum atomic E-state index is 12.8. The predicted octanol–water partition coefficient (Wildman–Crippen LogP) is 5.51. The molecule has 2 heterocycles. The van der Waals surface area contributed by atoms with Crippen LogP contribution in [0.4, 0.5) is 0 Å². The van der Waals surface area contributed by atoms with Gasteiger partial charge in [0.2, 0.25) is 5.82 Å². The fraction of sp³-hybridized carbons (Fsp3) is 0.129. The number of fused-ring (bicyclic) bond motifs is 2. The number of nitrogens with zero attached hydrogens (tertiary/aromatic N) is 4. The second kappa shape index (κ2) is 11.1. The fourth-order valence-electron chi connectivity index (χ4n) is 4.50. The molecule has 0 unspecified atom stereocenters. The first-order valence-corrected chi connectivity index (χ1v) is 12.8. The molecule has 8 nitrogen and oxygen atoms in total. The third-order valence-corrected chi connectivity index (χ3v) is 6.60. The predicted molar refractivity (Wildman–Crippen MR) is 150 cm³/mol. The molecule has 0 aliphatic rings. The zero-order valence-electron chi connectivity index (χ0n) is 21.2. The van der Waals surface area contributed by atoms with Crippen molar-refractivity contribution in [1.29, 1.82) is 0 Å². The second-order valence-electron chi connectivity index (χ2n) is 9.30. The normalized spacial score (nSPS) is 11.1. The Kier molecular flexibility index (Phi) is 6.90. The number of aryl methyl sites for hydroxylation is 1. The summed E-state index contributed by atoms with van der Waals surface area (Å²) in [5.41, 5.74) is 4.54. The molecule has 4 aromatic carbocycles. The monoisotopic (exact) mass is 514 g/mol. The number of hydrogen-bond donors (Lipinski definition) is 2. The van der Waals surface area contributed by atoms with Gasteiger partial charge in [0.15, 0.2) is 0 Å². The maximum Gasteiger partial charge on any atom is 0.251 e. The minimum absolute atomic E-state index is 0.0870. The van der Waals surface area contributed by atoms with Crippen LogP contribution >= 0.6 is 0 Å². The molecule has 0 aliphatic heterocycles. The van der Waals surface area contributed by atoms with Gasteiger partial charge in [-0.1, -0.05) is 60.7 Å². The van der Waals surface area contributed by atoms with Gasteiger partial charge in [-0.15, -0.1) is 10.2 Å². The molecule has 2 N–H and O–H groups in total. The van der Waals surface area contributed by atoms with Crippen LogP contribution in [0.1, 0.15) is 28.0 Å². The van der Waals surface area contributed by atoms with Crippen LogP contribution in [0, 0.1) is 0 Å². The summed E-state index contributed by atoms with van der Waals surface area (Å²) in [6.07, 6.45) is 1.69. The Morgan fingerprint density at radius 2 is 1.69 bits per heavy atom. The number of pyridine rings is 1. The lowest BCUT2D eigenvalue weighted by Gasteiger charge is -2.09. The number of carbonyl (C=O) groups excluding carboxylic acids is 1. The molecule has 192 valence electrons. The van der Waals surface area contributed by atoms with Crippen molar-refractivity contribution >= 4 is 27.6 Å². The summed E-state index contributed by atoms with van der Waals surface area (Å²) >= 11 is 0. The number of aromatic amines is 1. The fourth-order valence-corrected chi connectivity index (χ4v) is 4.50. The van der Waals surface area contributed by atoms with E-state index in [9.17, 15) is 4.79 Å². The molecule has 2 aromatic heterocycles. The highest BCUT2D eigenvalue weighted by Gasteiger charge is 2.08. The number of H-pyrrole nitrogens is 1. The van der Waals surface area contributed by atoms with Gasteiger partial charge in [0.05, 0.1) is 11.2 Å². The van der Waals surface area contributed by atoms with E-state index < -0.39 is 0 Å². The maximum absolute atomic E-state index is 12.8. The summed E-state index contributed by atoms with van der Waals surface area (Å²) in [6.45, 7) is 0.960. The van der Waals surface area contributed by atoms with E-state index in [0.29, 0.717) is 24.5 Å². The quantitative estimate of drug-likeness (QED) is 0.247. The van der Waals surface area contributed by atoms with Gasteiger partial charge in [-0.05, 0) is 70.8 Å². The summed E-state index contributed by atoms with van der Waals surface area (Å²) in [7, 11) is 0. The molecule has 39 heavy (non-hydrogen) atoms. The lowest BCUT2D eigenvalue weighted by atomic mass is 10.1. The van der Waals surface area contributed by atoms with Crippen molar-refractivity contribution in [1.82, 2.24) is 30.9 Å². The van der Waals surface area contributed by atoms with E-state index in [1.54, 1.807) is 0 Å². The van der Waals surface area contributed by atoms with E-state index >= 15 is 0 Å². The number of ether oxygens (including phenoxy) is 1. The summed E-state index contributed by atoms with van der Waals surface area (Å²) in [4.78, 5) is 17.5. The third-order valence-electron chi connectivity index (χ3n) is 6.60. The van der Waals surface area contributed by atoms with Crippen molar-refractivity contribution in [2.45, 2.75) is 19.4 Å². The number of aromatic nitrogens is 5. The van der Waals surface area contributed by atoms with E-state index in [1.807, 2.05) is 91.0 Å². The molecule has 8 heteroatoms. The summed E-state index contributed by atoms with van der Waals surface area (Å²) < 4.78 is 6.02. The molecule has 6 aromatic rings. The van der Waals surface area contributed by atoms with Crippen LogP contribution in [0.5, 0.6) is 5.75 Å². The molecule has 0 fully saturated rings. The lowest BCUT2D eigenvalue weighted by Crippen LogP contribution is -2.24. The summed E-state index contributed by atoms with van der Waals surface area (Å²) in [5.74, 6) is 1.22. The lowest BCUT2D eigenvalue weighted by molar-refractivity contribution is 0.0953. The first-order valence-electron chi connectivity index (χ1n) is 12.8. The van der Waals surface area contributed by atoms with Crippen molar-refractivity contribution in [3.8, 4) is 17.1 Å². The molecule has 6 rings (SSSR count). The van der Waals surface area contributed by atoms with Crippen LogP contribution < -0.4 is 10.1 Å². The first kappa shape index (κ1) is 24.2. The Labute approximate surface area is 225 Å².